The van der Waals surface area contributed by atoms with Crippen LogP contribution in [-0.2, 0) is 14.3 Å². The molecule has 4 heteroatoms. The van der Waals surface area contributed by atoms with Gasteiger partial charge in [-0.2, -0.15) is 0 Å². The molecule has 0 atom stereocenters. The zero-order valence-electron chi connectivity index (χ0n) is 14.1. The standard InChI is InChI=1S/C20H21NO3/c1-14(2)24-20(23)19(22)13-18(16-7-5-4-6-8-16)21-17-11-9-15(3)10-12-17/h4-14,21H,1-3H3/b18-13-. The molecule has 4 nitrogen and oxygen atoms in total. The molecule has 0 spiro atoms. The number of carbonyl (C=O) groups is 2. The fourth-order valence-corrected chi connectivity index (χ4v) is 2.06. The maximum absolute atomic E-state index is 12.1. The van der Waals surface area contributed by atoms with Gasteiger partial charge in [0.15, 0.2) is 0 Å². The Morgan fingerprint density at radius 2 is 1.62 bits per heavy atom. The van der Waals surface area contributed by atoms with Crippen molar-refractivity contribution in [3.05, 3.63) is 71.8 Å². The predicted octanol–water partition coefficient (Wildman–Crippen LogP) is 3.97. The van der Waals surface area contributed by atoms with E-state index in [-0.39, 0.29) is 6.10 Å². The molecule has 0 aromatic heterocycles. The number of anilines is 1. The van der Waals surface area contributed by atoms with Crippen molar-refractivity contribution < 1.29 is 14.3 Å². The van der Waals surface area contributed by atoms with Crippen LogP contribution in [-0.4, -0.2) is 17.9 Å². The molecule has 0 bridgehead atoms. The van der Waals surface area contributed by atoms with Crippen molar-refractivity contribution in [2.75, 3.05) is 5.32 Å². The van der Waals surface area contributed by atoms with Gasteiger partial charge in [0.1, 0.15) is 0 Å². The molecule has 2 aromatic carbocycles. The second-order valence-corrected chi connectivity index (χ2v) is 5.73. The summed E-state index contributed by atoms with van der Waals surface area (Å²) in [4.78, 5) is 23.9. The van der Waals surface area contributed by atoms with Crippen molar-refractivity contribution in [1.29, 1.82) is 0 Å². The highest BCUT2D eigenvalue weighted by Crippen LogP contribution is 2.19. The number of esters is 1. The van der Waals surface area contributed by atoms with Crippen molar-refractivity contribution in [2.24, 2.45) is 0 Å². The summed E-state index contributed by atoms with van der Waals surface area (Å²) < 4.78 is 4.95. The number of hydrogen-bond acceptors (Lipinski definition) is 4. The van der Waals surface area contributed by atoms with Gasteiger partial charge in [-0.1, -0.05) is 48.0 Å². The normalized spacial score (nSPS) is 11.2. The van der Waals surface area contributed by atoms with E-state index >= 15 is 0 Å². The first-order valence-electron chi connectivity index (χ1n) is 7.81. The predicted molar refractivity (Wildman–Crippen MR) is 95.5 cm³/mol. The first-order chi connectivity index (χ1) is 11.5. The summed E-state index contributed by atoms with van der Waals surface area (Å²) in [7, 11) is 0. The topological polar surface area (TPSA) is 55.4 Å². The first-order valence-corrected chi connectivity index (χ1v) is 7.81. The summed E-state index contributed by atoms with van der Waals surface area (Å²) in [6.45, 7) is 5.41. The third-order valence-corrected chi connectivity index (χ3v) is 3.23. The number of aryl methyl sites for hydroxylation is 1. The van der Waals surface area contributed by atoms with Gasteiger partial charge < -0.3 is 10.1 Å². The summed E-state index contributed by atoms with van der Waals surface area (Å²) in [5.74, 6) is -1.55. The zero-order chi connectivity index (χ0) is 17.5. The molecule has 0 aliphatic rings. The third kappa shape index (κ3) is 5.09. The Labute approximate surface area is 142 Å². The monoisotopic (exact) mass is 323 g/mol. The maximum atomic E-state index is 12.1. The molecule has 2 rings (SSSR count). The van der Waals surface area contributed by atoms with Gasteiger partial charge in [-0.05, 0) is 38.5 Å². The molecule has 0 fully saturated rings. The Kier molecular flexibility index (Phi) is 5.90. The minimum absolute atomic E-state index is 0.333. The van der Waals surface area contributed by atoms with Gasteiger partial charge >= 0.3 is 5.97 Å². The number of benzene rings is 2. The summed E-state index contributed by atoms with van der Waals surface area (Å²) in [6.07, 6.45) is 0.944. The minimum Gasteiger partial charge on any atom is -0.457 e. The van der Waals surface area contributed by atoms with Gasteiger partial charge in [-0.3, -0.25) is 4.79 Å². The molecule has 0 amide bonds. The lowest BCUT2D eigenvalue weighted by atomic mass is 10.1. The smallest absolute Gasteiger partial charge is 0.379 e. The summed E-state index contributed by atoms with van der Waals surface area (Å²) in [5, 5.41) is 3.19. The Hall–Kier alpha value is -2.88. The summed E-state index contributed by atoms with van der Waals surface area (Å²) >= 11 is 0. The molecule has 0 saturated heterocycles. The van der Waals surface area contributed by atoms with E-state index in [0.29, 0.717) is 5.70 Å². The Bertz CT molecular complexity index is 731. The van der Waals surface area contributed by atoms with E-state index in [4.69, 9.17) is 4.74 Å². The molecule has 124 valence electrons. The van der Waals surface area contributed by atoms with Gasteiger partial charge in [-0.15, -0.1) is 0 Å². The van der Waals surface area contributed by atoms with E-state index in [0.717, 1.165) is 16.8 Å². The number of carbonyl (C=O) groups excluding carboxylic acids is 2. The molecule has 0 saturated carbocycles. The van der Waals surface area contributed by atoms with Crippen molar-refractivity contribution in [3.8, 4) is 0 Å². The van der Waals surface area contributed by atoms with E-state index in [1.165, 1.54) is 6.08 Å². The summed E-state index contributed by atoms with van der Waals surface area (Å²) in [5.41, 5.74) is 3.33. The Morgan fingerprint density at radius 1 is 1.00 bits per heavy atom. The average Bonchev–Trinajstić information content (AvgIpc) is 2.56. The van der Waals surface area contributed by atoms with E-state index < -0.39 is 11.8 Å². The quantitative estimate of drug-likeness (QED) is 0.496. The molecule has 24 heavy (non-hydrogen) atoms. The SMILES string of the molecule is Cc1ccc(N/C(=C\C(=O)C(=O)OC(C)C)c2ccccc2)cc1. The Balaban J connectivity index is 2.29. The van der Waals surface area contributed by atoms with Crippen LogP contribution in [0.5, 0.6) is 0 Å². The van der Waals surface area contributed by atoms with Crippen LogP contribution in [0.15, 0.2) is 60.7 Å². The van der Waals surface area contributed by atoms with E-state index in [1.54, 1.807) is 13.8 Å². The number of ether oxygens (including phenoxy) is 1. The molecule has 0 unspecified atom stereocenters. The second-order valence-electron chi connectivity index (χ2n) is 5.73. The average molecular weight is 323 g/mol. The van der Waals surface area contributed by atoms with E-state index in [9.17, 15) is 9.59 Å². The highest BCUT2D eigenvalue weighted by molar-refractivity contribution is 6.39. The molecule has 0 aliphatic carbocycles. The number of nitrogens with one attached hydrogen (secondary N) is 1. The molecule has 1 N–H and O–H groups in total. The Morgan fingerprint density at radius 3 is 2.21 bits per heavy atom. The summed E-state index contributed by atoms with van der Waals surface area (Å²) in [6, 6.07) is 17.2. The number of ketones is 1. The minimum atomic E-state index is -0.857. The fraction of sp³-hybridized carbons (Fsp3) is 0.200. The van der Waals surface area contributed by atoms with Crippen LogP contribution in [0.1, 0.15) is 25.0 Å². The lowest BCUT2D eigenvalue weighted by molar-refractivity contribution is -0.154. The highest BCUT2D eigenvalue weighted by atomic mass is 16.5. The third-order valence-electron chi connectivity index (χ3n) is 3.23. The van der Waals surface area contributed by atoms with E-state index in [1.807, 2.05) is 61.5 Å². The molecular weight excluding hydrogens is 302 g/mol. The van der Waals surface area contributed by atoms with Crippen LogP contribution in [0.4, 0.5) is 5.69 Å². The van der Waals surface area contributed by atoms with Gasteiger partial charge in [-0.25, -0.2) is 4.79 Å². The number of hydrogen-bond donors (Lipinski definition) is 1. The van der Waals surface area contributed by atoms with Crippen molar-refractivity contribution in [3.63, 3.8) is 0 Å². The van der Waals surface area contributed by atoms with Gasteiger partial charge in [0.25, 0.3) is 5.78 Å². The zero-order valence-corrected chi connectivity index (χ0v) is 14.1. The van der Waals surface area contributed by atoms with Crippen LogP contribution in [0.25, 0.3) is 5.70 Å². The molecule has 0 radical (unpaired) electrons. The van der Waals surface area contributed by atoms with Crippen LogP contribution < -0.4 is 5.32 Å². The van der Waals surface area contributed by atoms with Crippen LogP contribution in [0, 0.1) is 6.92 Å². The van der Waals surface area contributed by atoms with Crippen LogP contribution in [0.2, 0.25) is 0 Å². The van der Waals surface area contributed by atoms with Gasteiger partial charge in [0, 0.05) is 17.5 Å². The molecule has 0 aliphatic heterocycles. The van der Waals surface area contributed by atoms with Crippen molar-refractivity contribution >= 4 is 23.1 Å². The highest BCUT2D eigenvalue weighted by Gasteiger charge is 2.16. The van der Waals surface area contributed by atoms with Gasteiger partial charge in [0.2, 0.25) is 0 Å². The maximum Gasteiger partial charge on any atom is 0.379 e. The number of rotatable bonds is 6. The second kappa shape index (κ2) is 8.11. The van der Waals surface area contributed by atoms with Crippen molar-refractivity contribution in [2.45, 2.75) is 26.9 Å². The van der Waals surface area contributed by atoms with Crippen molar-refractivity contribution in [1.82, 2.24) is 0 Å². The largest absolute Gasteiger partial charge is 0.457 e. The van der Waals surface area contributed by atoms with Crippen LogP contribution >= 0.6 is 0 Å². The lowest BCUT2D eigenvalue weighted by Gasteiger charge is -2.12. The van der Waals surface area contributed by atoms with E-state index in [2.05, 4.69) is 5.32 Å². The molecule has 0 heterocycles. The fourth-order valence-electron chi connectivity index (χ4n) is 2.06. The van der Waals surface area contributed by atoms with Gasteiger partial charge in [0.05, 0.1) is 6.10 Å². The lowest BCUT2D eigenvalue weighted by Crippen LogP contribution is -2.20. The first kappa shape index (κ1) is 17.5. The molecule has 2 aromatic rings. The molecular formula is C20H21NO3. The van der Waals surface area contributed by atoms with Crippen LogP contribution in [0.3, 0.4) is 0 Å².